The maximum atomic E-state index is 7.05. The van der Waals surface area contributed by atoms with Crippen LogP contribution >= 0.6 is 12.4 Å². The number of guanidine groups is 2. The van der Waals surface area contributed by atoms with Gasteiger partial charge in [-0.2, -0.15) is 0 Å². The first-order chi connectivity index (χ1) is 12.1. The van der Waals surface area contributed by atoms with Crippen LogP contribution in [0.2, 0.25) is 0 Å². The highest BCUT2D eigenvalue weighted by atomic mass is 35.5. The van der Waals surface area contributed by atoms with Crippen LogP contribution in [0.3, 0.4) is 0 Å². The summed E-state index contributed by atoms with van der Waals surface area (Å²) in [6.45, 7) is 3.88. The van der Waals surface area contributed by atoms with Crippen molar-refractivity contribution in [1.82, 2.24) is 10.6 Å². The molecule has 0 fully saturated rings. The van der Waals surface area contributed by atoms with Crippen molar-refractivity contribution >= 4 is 24.3 Å². The zero-order valence-electron chi connectivity index (χ0n) is 16.4. The van der Waals surface area contributed by atoms with Crippen LogP contribution in [0, 0.1) is 5.41 Å². The molecular formula is C18H42ClN7. The average Bonchev–Trinajstić information content (AvgIpc) is 2.56. The molecule has 9 N–H and O–H groups in total. The van der Waals surface area contributed by atoms with E-state index in [4.69, 9.17) is 22.6 Å². The number of hydrogen-bond acceptors (Lipinski definition) is 3. The first-order valence-electron chi connectivity index (χ1n) is 9.97. The third-order valence-electron chi connectivity index (χ3n) is 4.15. The van der Waals surface area contributed by atoms with E-state index in [1.165, 1.54) is 64.2 Å². The molecule has 0 aliphatic heterocycles. The van der Waals surface area contributed by atoms with Gasteiger partial charge in [-0.05, 0) is 38.8 Å². The minimum absolute atomic E-state index is 0. The lowest BCUT2D eigenvalue weighted by Gasteiger charge is -2.06. The quantitative estimate of drug-likeness (QED) is 0.121. The second-order valence-electron chi connectivity index (χ2n) is 6.64. The number of nitrogens with zero attached hydrogens (tertiary/aromatic N) is 1. The van der Waals surface area contributed by atoms with Crippen molar-refractivity contribution < 1.29 is 0 Å². The van der Waals surface area contributed by atoms with Crippen LogP contribution in [-0.4, -0.2) is 38.1 Å². The van der Waals surface area contributed by atoms with E-state index in [1.807, 2.05) is 0 Å². The van der Waals surface area contributed by atoms with Crippen molar-refractivity contribution in [2.75, 3.05) is 26.2 Å². The molecule has 8 heteroatoms. The van der Waals surface area contributed by atoms with Gasteiger partial charge in [0.05, 0.1) is 0 Å². The summed E-state index contributed by atoms with van der Waals surface area (Å²) >= 11 is 0. The SMILES string of the molecule is Cl.N=C(N)NCCCCCCCCNCCCCCCCCN=C(N)N. The Hall–Kier alpha value is -1.21. The largest absolute Gasteiger partial charge is 0.370 e. The summed E-state index contributed by atoms with van der Waals surface area (Å²) in [6.07, 6.45) is 15.0. The number of nitrogens with two attached hydrogens (primary N) is 3. The first-order valence-corrected chi connectivity index (χ1v) is 9.97. The highest BCUT2D eigenvalue weighted by Gasteiger charge is 1.94. The Balaban J connectivity index is 0. The fourth-order valence-corrected chi connectivity index (χ4v) is 2.71. The van der Waals surface area contributed by atoms with Gasteiger partial charge in [0.2, 0.25) is 0 Å². The molecule has 26 heavy (non-hydrogen) atoms. The lowest BCUT2D eigenvalue weighted by Crippen LogP contribution is -2.30. The Labute approximate surface area is 166 Å². The molecule has 156 valence electrons. The van der Waals surface area contributed by atoms with Gasteiger partial charge in [-0.25, -0.2) is 0 Å². The number of rotatable bonds is 18. The van der Waals surface area contributed by atoms with Crippen LogP contribution in [0.25, 0.3) is 0 Å². The topological polar surface area (TPSA) is 138 Å². The predicted molar refractivity (Wildman–Crippen MR) is 116 cm³/mol. The molecule has 0 bridgehead atoms. The van der Waals surface area contributed by atoms with Gasteiger partial charge in [-0.3, -0.25) is 10.4 Å². The summed E-state index contributed by atoms with van der Waals surface area (Å²) in [4.78, 5) is 3.99. The van der Waals surface area contributed by atoms with Gasteiger partial charge in [-0.1, -0.05) is 51.4 Å². The second-order valence-corrected chi connectivity index (χ2v) is 6.64. The molecule has 0 radical (unpaired) electrons. The van der Waals surface area contributed by atoms with Crippen LogP contribution in [0.15, 0.2) is 4.99 Å². The fourth-order valence-electron chi connectivity index (χ4n) is 2.71. The normalized spacial score (nSPS) is 10.2. The summed E-state index contributed by atoms with van der Waals surface area (Å²) in [7, 11) is 0. The molecule has 0 saturated carbocycles. The molecular weight excluding hydrogens is 350 g/mol. The van der Waals surface area contributed by atoms with Crippen molar-refractivity contribution in [3.63, 3.8) is 0 Å². The summed E-state index contributed by atoms with van der Waals surface area (Å²) in [5.74, 6) is 0.280. The average molecular weight is 392 g/mol. The van der Waals surface area contributed by atoms with Gasteiger partial charge in [0.1, 0.15) is 0 Å². The number of unbranched alkanes of at least 4 members (excludes halogenated alkanes) is 10. The molecule has 0 saturated heterocycles. The molecule has 0 spiro atoms. The second kappa shape index (κ2) is 21.8. The fraction of sp³-hybridized carbons (Fsp3) is 0.889. The minimum Gasteiger partial charge on any atom is -0.370 e. The third kappa shape index (κ3) is 25.0. The van der Waals surface area contributed by atoms with E-state index in [1.54, 1.807) is 0 Å². The molecule has 0 unspecified atom stereocenters. The van der Waals surface area contributed by atoms with E-state index in [9.17, 15) is 0 Å². The van der Waals surface area contributed by atoms with Crippen molar-refractivity contribution in [1.29, 1.82) is 5.41 Å². The van der Waals surface area contributed by atoms with Crippen LogP contribution in [0.1, 0.15) is 77.0 Å². The van der Waals surface area contributed by atoms with Gasteiger partial charge in [0.15, 0.2) is 11.9 Å². The number of halogens is 1. The minimum atomic E-state index is 0. The summed E-state index contributed by atoms with van der Waals surface area (Å²) in [6, 6.07) is 0. The predicted octanol–water partition coefficient (Wildman–Crippen LogP) is 2.44. The van der Waals surface area contributed by atoms with Crippen LogP contribution < -0.4 is 27.8 Å². The van der Waals surface area contributed by atoms with Crippen LogP contribution in [0.4, 0.5) is 0 Å². The van der Waals surface area contributed by atoms with Gasteiger partial charge in [0.25, 0.3) is 0 Å². The Morgan fingerprint density at radius 1 is 0.654 bits per heavy atom. The van der Waals surface area contributed by atoms with Gasteiger partial charge in [0, 0.05) is 13.1 Å². The molecule has 0 aromatic heterocycles. The van der Waals surface area contributed by atoms with Crippen molar-refractivity contribution in [2.24, 2.45) is 22.2 Å². The Morgan fingerprint density at radius 2 is 1.08 bits per heavy atom. The molecule has 0 aromatic rings. The van der Waals surface area contributed by atoms with Crippen molar-refractivity contribution in [3.8, 4) is 0 Å². The van der Waals surface area contributed by atoms with E-state index >= 15 is 0 Å². The zero-order valence-corrected chi connectivity index (χ0v) is 17.2. The summed E-state index contributed by atoms with van der Waals surface area (Å²) in [5.41, 5.74) is 15.8. The highest BCUT2D eigenvalue weighted by Crippen LogP contribution is 2.06. The Kier molecular flexibility index (Phi) is 22.7. The van der Waals surface area contributed by atoms with Gasteiger partial charge >= 0.3 is 0 Å². The van der Waals surface area contributed by atoms with Crippen LogP contribution in [0.5, 0.6) is 0 Å². The van der Waals surface area contributed by atoms with E-state index in [0.717, 1.165) is 39.0 Å². The Morgan fingerprint density at radius 3 is 1.54 bits per heavy atom. The van der Waals surface area contributed by atoms with E-state index in [-0.39, 0.29) is 24.3 Å². The molecule has 7 nitrogen and oxygen atoms in total. The monoisotopic (exact) mass is 391 g/mol. The smallest absolute Gasteiger partial charge is 0.185 e. The molecule has 0 aliphatic carbocycles. The zero-order chi connectivity index (χ0) is 18.6. The Bertz CT molecular complexity index is 334. The lowest BCUT2D eigenvalue weighted by molar-refractivity contribution is 0.539. The van der Waals surface area contributed by atoms with E-state index < -0.39 is 0 Å². The highest BCUT2D eigenvalue weighted by molar-refractivity contribution is 5.85. The van der Waals surface area contributed by atoms with E-state index in [0.29, 0.717) is 0 Å². The first kappa shape index (κ1) is 27.0. The van der Waals surface area contributed by atoms with E-state index in [2.05, 4.69) is 15.6 Å². The number of hydrogen-bond donors (Lipinski definition) is 6. The van der Waals surface area contributed by atoms with Crippen LogP contribution in [-0.2, 0) is 0 Å². The molecule has 0 amide bonds. The third-order valence-corrected chi connectivity index (χ3v) is 4.15. The molecule has 0 heterocycles. The number of nitrogens with one attached hydrogen (secondary N) is 3. The molecule has 0 atom stereocenters. The van der Waals surface area contributed by atoms with Crippen molar-refractivity contribution in [3.05, 3.63) is 0 Å². The summed E-state index contributed by atoms with van der Waals surface area (Å²) < 4.78 is 0. The maximum Gasteiger partial charge on any atom is 0.185 e. The molecule has 0 aliphatic rings. The molecule has 0 rings (SSSR count). The van der Waals surface area contributed by atoms with Gasteiger partial charge < -0.3 is 27.8 Å². The maximum absolute atomic E-state index is 7.05. The van der Waals surface area contributed by atoms with Crippen molar-refractivity contribution in [2.45, 2.75) is 77.0 Å². The number of aliphatic imine (C=N–C) groups is 1. The standard InChI is InChI=1S/C18H41N7.ClH/c19-17(20)24-15-11-7-3-1-5-9-13-23-14-10-6-2-4-8-12-16-25-18(21)22;/h23H,1-16H2,(H4,19,20,24)(H4,21,22,25);1H. The lowest BCUT2D eigenvalue weighted by atomic mass is 10.1. The summed E-state index contributed by atoms with van der Waals surface area (Å²) in [5, 5.41) is 13.4. The molecule has 0 aromatic carbocycles. The van der Waals surface area contributed by atoms with Gasteiger partial charge in [-0.15, -0.1) is 12.4 Å².